The Labute approximate surface area is 108 Å². The maximum Gasteiger partial charge on any atom is 0.315 e. The van der Waals surface area contributed by atoms with E-state index >= 15 is 0 Å². The summed E-state index contributed by atoms with van der Waals surface area (Å²) in [7, 11) is 0. The molecule has 1 aromatic rings. The van der Waals surface area contributed by atoms with Gasteiger partial charge in [-0.25, -0.2) is 4.79 Å². The van der Waals surface area contributed by atoms with Crippen molar-refractivity contribution in [1.82, 2.24) is 10.6 Å². The van der Waals surface area contributed by atoms with Crippen LogP contribution in [-0.4, -0.2) is 29.3 Å². The molecule has 3 N–H and O–H groups in total. The number of rotatable bonds is 4. The van der Waals surface area contributed by atoms with E-state index in [-0.39, 0.29) is 24.2 Å². The number of benzene rings is 1. The van der Waals surface area contributed by atoms with Gasteiger partial charge in [-0.2, -0.15) is 0 Å². The first-order chi connectivity index (χ1) is 8.40. The summed E-state index contributed by atoms with van der Waals surface area (Å²) < 4.78 is 0. The van der Waals surface area contributed by atoms with Crippen LogP contribution in [-0.2, 0) is 6.42 Å². The van der Waals surface area contributed by atoms with Gasteiger partial charge in [0.25, 0.3) is 0 Å². The number of nitrogens with one attached hydrogen (secondary N) is 2. The van der Waals surface area contributed by atoms with Crippen LogP contribution in [0.4, 0.5) is 4.79 Å². The van der Waals surface area contributed by atoms with Gasteiger partial charge in [-0.1, -0.05) is 30.3 Å². The average molecular weight is 250 g/mol. The Morgan fingerprint density at radius 3 is 2.39 bits per heavy atom. The normalized spacial score (nSPS) is 12.9. The summed E-state index contributed by atoms with van der Waals surface area (Å²) in [5.41, 5.74) is 0.809. The van der Waals surface area contributed by atoms with E-state index in [1.807, 2.05) is 51.1 Å². The van der Waals surface area contributed by atoms with Crippen molar-refractivity contribution in [2.24, 2.45) is 0 Å². The van der Waals surface area contributed by atoms with Crippen LogP contribution in [0.2, 0.25) is 0 Å². The minimum absolute atomic E-state index is 0.0769. The summed E-state index contributed by atoms with van der Waals surface area (Å²) in [5, 5.41) is 14.9. The minimum atomic E-state index is -0.281. The number of carbonyl (C=O) groups excluding carboxylic acids is 1. The van der Waals surface area contributed by atoms with Crippen molar-refractivity contribution in [3.63, 3.8) is 0 Å². The maximum absolute atomic E-state index is 11.7. The van der Waals surface area contributed by atoms with Gasteiger partial charge in [0, 0.05) is 5.54 Å². The molecule has 0 aliphatic heterocycles. The molecule has 1 atom stereocenters. The molecule has 1 rings (SSSR count). The van der Waals surface area contributed by atoms with Gasteiger partial charge in [0.1, 0.15) is 0 Å². The Hall–Kier alpha value is -1.55. The van der Waals surface area contributed by atoms with Crippen molar-refractivity contribution in [1.29, 1.82) is 0 Å². The van der Waals surface area contributed by atoms with Crippen molar-refractivity contribution in [3.8, 4) is 0 Å². The van der Waals surface area contributed by atoms with Crippen LogP contribution in [0.25, 0.3) is 0 Å². The molecule has 0 aliphatic carbocycles. The van der Waals surface area contributed by atoms with E-state index in [0.717, 1.165) is 5.56 Å². The van der Waals surface area contributed by atoms with Crippen LogP contribution in [0.3, 0.4) is 0 Å². The smallest absolute Gasteiger partial charge is 0.315 e. The van der Waals surface area contributed by atoms with E-state index < -0.39 is 0 Å². The summed E-state index contributed by atoms with van der Waals surface area (Å²) in [5.74, 6) is 0. The first-order valence-corrected chi connectivity index (χ1v) is 6.14. The molecule has 100 valence electrons. The molecule has 4 heteroatoms. The second-order valence-electron chi connectivity index (χ2n) is 5.42. The number of aliphatic hydroxyl groups is 1. The lowest BCUT2D eigenvalue weighted by atomic mass is 10.1. The number of hydrogen-bond donors (Lipinski definition) is 3. The molecule has 1 aromatic carbocycles. The van der Waals surface area contributed by atoms with E-state index in [1.165, 1.54) is 0 Å². The molecule has 0 bridgehead atoms. The topological polar surface area (TPSA) is 61.4 Å². The zero-order chi connectivity index (χ0) is 13.6. The number of amides is 2. The molecule has 0 radical (unpaired) electrons. The van der Waals surface area contributed by atoms with Gasteiger partial charge in [0.2, 0.25) is 0 Å². The third-order valence-corrected chi connectivity index (χ3v) is 2.37. The van der Waals surface area contributed by atoms with Crippen LogP contribution >= 0.6 is 0 Å². The van der Waals surface area contributed by atoms with E-state index in [4.69, 9.17) is 0 Å². The molecule has 1 unspecified atom stereocenters. The number of urea groups is 1. The van der Waals surface area contributed by atoms with Crippen LogP contribution in [0, 0.1) is 0 Å². The van der Waals surface area contributed by atoms with Gasteiger partial charge in [-0.05, 0) is 32.8 Å². The molecule has 0 fully saturated rings. The SMILES string of the molecule is CC(C)(C)NC(=O)NC(CO)Cc1ccccc1. The number of aliphatic hydroxyl groups excluding tert-OH is 1. The van der Waals surface area contributed by atoms with Gasteiger partial charge in [0.05, 0.1) is 12.6 Å². The second kappa shape index (κ2) is 6.40. The quantitative estimate of drug-likeness (QED) is 0.761. The molecule has 0 saturated heterocycles. The van der Waals surface area contributed by atoms with Gasteiger partial charge < -0.3 is 15.7 Å². The highest BCUT2D eigenvalue weighted by Crippen LogP contribution is 2.03. The van der Waals surface area contributed by atoms with Crippen molar-refractivity contribution in [2.75, 3.05) is 6.61 Å². The highest BCUT2D eigenvalue weighted by Gasteiger charge is 2.17. The third kappa shape index (κ3) is 5.68. The van der Waals surface area contributed by atoms with Crippen molar-refractivity contribution in [3.05, 3.63) is 35.9 Å². The van der Waals surface area contributed by atoms with E-state index in [9.17, 15) is 9.90 Å². The zero-order valence-electron chi connectivity index (χ0n) is 11.2. The third-order valence-electron chi connectivity index (χ3n) is 2.37. The molecule has 18 heavy (non-hydrogen) atoms. The fourth-order valence-electron chi connectivity index (χ4n) is 1.62. The lowest BCUT2D eigenvalue weighted by molar-refractivity contribution is 0.209. The van der Waals surface area contributed by atoms with E-state index in [1.54, 1.807) is 0 Å². The lowest BCUT2D eigenvalue weighted by Gasteiger charge is -2.23. The summed E-state index contributed by atoms with van der Waals surface area (Å²) in [6.07, 6.45) is 0.620. The monoisotopic (exact) mass is 250 g/mol. The first kappa shape index (κ1) is 14.5. The molecule has 2 amide bonds. The van der Waals surface area contributed by atoms with E-state index in [2.05, 4.69) is 10.6 Å². The number of hydrogen-bond acceptors (Lipinski definition) is 2. The molecule has 0 heterocycles. The van der Waals surface area contributed by atoms with Gasteiger partial charge in [0.15, 0.2) is 0 Å². The Morgan fingerprint density at radius 1 is 1.28 bits per heavy atom. The predicted molar refractivity (Wildman–Crippen MR) is 72.4 cm³/mol. The Kier molecular flexibility index (Phi) is 5.16. The number of carbonyl (C=O) groups is 1. The second-order valence-corrected chi connectivity index (χ2v) is 5.42. The van der Waals surface area contributed by atoms with Crippen LogP contribution in [0.5, 0.6) is 0 Å². The predicted octanol–water partition coefficient (Wildman–Crippen LogP) is 1.69. The molecular weight excluding hydrogens is 228 g/mol. The minimum Gasteiger partial charge on any atom is -0.394 e. The van der Waals surface area contributed by atoms with Gasteiger partial charge in [-0.15, -0.1) is 0 Å². The standard InChI is InChI=1S/C14H22N2O2/c1-14(2,3)16-13(18)15-12(10-17)9-11-7-5-4-6-8-11/h4-8,12,17H,9-10H2,1-3H3,(H2,15,16,18). The van der Waals surface area contributed by atoms with Gasteiger partial charge in [-0.3, -0.25) is 0 Å². The average Bonchev–Trinajstić information content (AvgIpc) is 2.27. The zero-order valence-corrected chi connectivity index (χ0v) is 11.2. The van der Waals surface area contributed by atoms with Crippen LogP contribution in [0.15, 0.2) is 30.3 Å². The first-order valence-electron chi connectivity index (χ1n) is 6.14. The summed E-state index contributed by atoms with van der Waals surface area (Å²) >= 11 is 0. The molecule has 0 spiro atoms. The summed E-state index contributed by atoms with van der Waals surface area (Å²) in [6.45, 7) is 5.67. The highest BCUT2D eigenvalue weighted by atomic mass is 16.3. The van der Waals surface area contributed by atoms with Gasteiger partial charge >= 0.3 is 6.03 Å². The lowest BCUT2D eigenvalue weighted by Crippen LogP contribution is -2.51. The van der Waals surface area contributed by atoms with Crippen molar-refractivity contribution >= 4 is 6.03 Å². The molecule has 0 aromatic heterocycles. The van der Waals surface area contributed by atoms with Crippen molar-refractivity contribution in [2.45, 2.75) is 38.8 Å². The molecule has 4 nitrogen and oxygen atoms in total. The van der Waals surface area contributed by atoms with Crippen LogP contribution < -0.4 is 10.6 Å². The molecule has 0 aliphatic rings. The van der Waals surface area contributed by atoms with E-state index in [0.29, 0.717) is 6.42 Å². The van der Waals surface area contributed by atoms with Crippen molar-refractivity contribution < 1.29 is 9.90 Å². The molecular formula is C14H22N2O2. The maximum atomic E-state index is 11.7. The Balaban J connectivity index is 2.50. The fourth-order valence-corrected chi connectivity index (χ4v) is 1.62. The fraction of sp³-hybridized carbons (Fsp3) is 0.500. The Morgan fingerprint density at radius 2 is 1.89 bits per heavy atom. The Bertz CT molecular complexity index is 371. The summed E-state index contributed by atoms with van der Waals surface area (Å²) in [4.78, 5) is 11.7. The highest BCUT2D eigenvalue weighted by molar-refractivity contribution is 5.75. The van der Waals surface area contributed by atoms with Crippen LogP contribution in [0.1, 0.15) is 26.3 Å². The largest absolute Gasteiger partial charge is 0.394 e. The summed E-state index contributed by atoms with van der Waals surface area (Å²) in [6, 6.07) is 9.26. The molecule has 0 saturated carbocycles.